The van der Waals surface area contributed by atoms with Crippen LogP contribution in [0.2, 0.25) is 0 Å². The molecule has 0 unspecified atom stereocenters. The van der Waals surface area contributed by atoms with Gasteiger partial charge in [0, 0.05) is 13.1 Å². The van der Waals surface area contributed by atoms with Gasteiger partial charge in [0.05, 0.1) is 12.8 Å². The summed E-state index contributed by atoms with van der Waals surface area (Å²) in [6, 6.07) is 12.3. The molecule has 0 atom stereocenters. The summed E-state index contributed by atoms with van der Waals surface area (Å²) in [5.74, 6) is 0.691. The molecule has 23 heavy (non-hydrogen) atoms. The van der Waals surface area contributed by atoms with Crippen LogP contribution in [0.1, 0.15) is 10.6 Å². The van der Waals surface area contributed by atoms with Gasteiger partial charge in [-0.3, -0.25) is 4.79 Å². The Bertz CT molecular complexity index is 599. The van der Waals surface area contributed by atoms with Crippen molar-refractivity contribution in [2.45, 2.75) is 0 Å². The normalized spacial score (nSPS) is 9.91. The van der Waals surface area contributed by atoms with Crippen molar-refractivity contribution in [3.05, 3.63) is 54.5 Å². The van der Waals surface area contributed by atoms with Crippen LogP contribution < -0.4 is 20.7 Å². The highest BCUT2D eigenvalue weighted by atomic mass is 16.5. The second kappa shape index (κ2) is 9.14. The molecule has 0 fully saturated rings. The molecule has 0 aliphatic rings. The zero-order chi connectivity index (χ0) is 16.3. The molecular weight excluding hydrogens is 298 g/mol. The van der Waals surface area contributed by atoms with Gasteiger partial charge < -0.3 is 25.1 Å². The minimum atomic E-state index is -0.312. The molecule has 2 aromatic rings. The van der Waals surface area contributed by atoms with Crippen molar-refractivity contribution in [1.29, 1.82) is 0 Å². The number of hydrogen-bond acceptors (Lipinski definition) is 4. The molecule has 0 radical (unpaired) electrons. The lowest BCUT2D eigenvalue weighted by atomic mass is 10.3. The van der Waals surface area contributed by atoms with E-state index in [0.29, 0.717) is 26.2 Å². The predicted molar refractivity (Wildman–Crippen MR) is 84.4 cm³/mol. The maximum Gasteiger partial charge on any atom is 0.314 e. The molecule has 1 heterocycles. The lowest BCUT2D eigenvalue weighted by molar-refractivity contribution is 0.0926. The molecule has 2 rings (SSSR count). The maximum atomic E-state index is 11.5. The van der Waals surface area contributed by atoms with E-state index in [1.165, 1.54) is 6.26 Å². The van der Waals surface area contributed by atoms with Crippen LogP contribution in [0.3, 0.4) is 0 Å². The standard InChI is InChI=1S/C16H19N3O4/c20-15(14-7-4-11-23-14)17-8-9-18-16(21)19-10-12-22-13-5-2-1-3-6-13/h1-7,11H,8-10,12H2,(H,17,20)(H2,18,19,21). The second-order valence-electron chi connectivity index (χ2n) is 4.58. The van der Waals surface area contributed by atoms with Crippen LogP contribution in [-0.4, -0.2) is 38.2 Å². The van der Waals surface area contributed by atoms with E-state index in [4.69, 9.17) is 9.15 Å². The minimum Gasteiger partial charge on any atom is -0.492 e. The molecule has 7 nitrogen and oxygen atoms in total. The SMILES string of the molecule is O=C(NCCNC(=O)c1ccco1)NCCOc1ccccc1. The van der Waals surface area contributed by atoms with Crippen LogP contribution in [0.5, 0.6) is 5.75 Å². The number of carbonyl (C=O) groups is 2. The molecule has 1 aromatic carbocycles. The number of nitrogens with one attached hydrogen (secondary N) is 3. The van der Waals surface area contributed by atoms with Crippen LogP contribution in [0, 0.1) is 0 Å². The number of urea groups is 1. The van der Waals surface area contributed by atoms with E-state index < -0.39 is 0 Å². The van der Waals surface area contributed by atoms with Gasteiger partial charge in [0.2, 0.25) is 0 Å². The third-order valence-electron chi connectivity index (χ3n) is 2.84. The summed E-state index contributed by atoms with van der Waals surface area (Å²) in [6.45, 7) is 1.40. The van der Waals surface area contributed by atoms with Crippen molar-refractivity contribution in [3.8, 4) is 5.75 Å². The Kier molecular flexibility index (Phi) is 6.52. The summed E-state index contributed by atoms with van der Waals surface area (Å²) in [7, 11) is 0. The molecule has 0 saturated heterocycles. The van der Waals surface area contributed by atoms with Crippen LogP contribution in [0.25, 0.3) is 0 Å². The summed E-state index contributed by atoms with van der Waals surface area (Å²) in [6.07, 6.45) is 1.43. The van der Waals surface area contributed by atoms with Crippen LogP contribution in [-0.2, 0) is 0 Å². The molecule has 7 heteroatoms. The Balaban J connectivity index is 1.49. The summed E-state index contributed by atoms with van der Waals surface area (Å²) < 4.78 is 10.4. The van der Waals surface area contributed by atoms with E-state index in [0.717, 1.165) is 5.75 Å². The number of carbonyl (C=O) groups excluding carboxylic acids is 2. The fourth-order valence-electron chi connectivity index (χ4n) is 1.76. The van der Waals surface area contributed by atoms with Crippen molar-refractivity contribution < 1.29 is 18.7 Å². The minimum absolute atomic E-state index is 0.243. The third kappa shape index (κ3) is 6.13. The molecule has 0 aliphatic heterocycles. The number of ether oxygens (including phenoxy) is 1. The number of amides is 3. The average molecular weight is 317 g/mol. The topological polar surface area (TPSA) is 92.6 Å². The first-order valence-corrected chi connectivity index (χ1v) is 7.27. The lowest BCUT2D eigenvalue weighted by Crippen LogP contribution is -2.41. The summed E-state index contributed by atoms with van der Waals surface area (Å²) in [5.41, 5.74) is 0. The number of rotatable bonds is 8. The van der Waals surface area contributed by atoms with E-state index in [1.807, 2.05) is 30.3 Å². The maximum absolute atomic E-state index is 11.5. The van der Waals surface area contributed by atoms with Gasteiger partial charge >= 0.3 is 6.03 Å². The molecule has 122 valence electrons. The van der Waals surface area contributed by atoms with Gasteiger partial charge in [0.25, 0.3) is 5.91 Å². The highest BCUT2D eigenvalue weighted by Gasteiger charge is 2.07. The molecule has 3 amide bonds. The molecule has 0 bridgehead atoms. The second-order valence-corrected chi connectivity index (χ2v) is 4.58. The summed E-state index contributed by atoms with van der Waals surface area (Å²) in [5, 5.41) is 7.92. The highest BCUT2D eigenvalue weighted by molar-refractivity contribution is 5.91. The van der Waals surface area contributed by atoms with E-state index in [1.54, 1.807) is 12.1 Å². The Morgan fingerprint density at radius 1 is 0.913 bits per heavy atom. The largest absolute Gasteiger partial charge is 0.492 e. The first-order chi connectivity index (χ1) is 11.3. The van der Waals surface area contributed by atoms with Gasteiger partial charge in [-0.1, -0.05) is 18.2 Å². The van der Waals surface area contributed by atoms with Crippen LogP contribution >= 0.6 is 0 Å². The first kappa shape index (κ1) is 16.4. The monoisotopic (exact) mass is 317 g/mol. The zero-order valence-corrected chi connectivity index (χ0v) is 12.6. The van der Waals surface area contributed by atoms with Crippen molar-refractivity contribution >= 4 is 11.9 Å². The van der Waals surface area contributed by atoms with E-state index in [-0.39, 0.29) is 17.7 Å². The molecule has 3 N–H and O–H groups in total. The quantitative estimate of drug-likeness (QED) is 0.641. The van der Waals surface area contributed by atoms with Crippen molar-refractivity contribution in [2.24, 2.45) is 0 Å². The highest BCUT2D eigenvalue weighted by Crippen LogP contribution is 2.07. The van der Waals surface area contributed by atoms with Crippen LogP contribution in [0.15, 0.2) is 53.1 Å². The fourth-order valence-corrected chi connectivity index (χ4v) is 1.76. The number of hydrogen-bond donors (Lipinski definition) is 3. The van der Waals surface area contributed by atoms with Crippen molar-refractivity contribution in [2.75, 3.05) is 26.2 Å². The van der Waals surface area contributed by atoms with Crippen molar-refractivity contribution in [3.63, 3.8) is 0 Å². The number of benzene rings is 1. The third-order valence-corrected chi connectivity index (χ3v) is 2.84. The Morgan fingerprint density at radius 3 is 2.39 bits per heavy atom. The zero-order valence-electron chi connectivity index (χ0n) is 12.6. The Morgan fingerprint density at radius 2 is 1.65 bits per heavy atom. The first-order valence-electron chi connectivity index (χ1n) is 7.27. The van der Waals surface area contributed by atoms with Gasteiger partial charge in [-0.2, -0.15) is 0 Å². The van der Waals surface area contributed by atoms with Crippen molar-refractivity contribution in [1.82, 2.24) is 16.0 Å². The molecule has 0 spiro atoms. The van der Waals surface area contributed by atoms with Gasteiger partial charge in [-0.15, -0.1) is 0 Å². The summed E-state index contributed by atoms with van der Waals surface area (Å²) in [4.78, 5) is 23.1. The summed E-state index contributed by atoms with van der Waals surface area (Å²) >= 11 is 0. The molecule has 0 aliphatic carbocycles. The Hall–Kier alpha value is -2.96. The fraction of sp³-hybridized carbons (Fsp3) is 0.250. The van der Waals surface area contributed by atoms with Gasteiger partial charge in [-0.05, 0) is 24.3 Å². The Labute approximate surface area is 134 Å². The predicted octanol–water partition coefficient (Wildman–Crippen LogP) is 1.39. The van der Waals surface area contributed by atoms with Gasteiger partial charge in [0.1, 0.15) is 12.4 Å². The van der Waals surface area contributed by atoms with E-state index in [9.17, 15) is 9.59 Å². The number of para-hydroxylation sites is 1. The van der Waals surface area contributed by atoms with E-state index >= 15 is 0 Å². The number of furan rings is 1. The molecule has 0 saturated carbocycles. The van der Waals surface area contributed by atoms with Gasteiger partial charge in [0.15, 0.2) is 5.76 Å². The van der Waals surface area contributed by atoms with Crippen LogP contribution in [0.4, 0.5) is 4.79 Å². The van der Waals surface area contributed by atoms with E-state index in [2.05, 4.69) is 16.0 Å². The average Bonchev–Trinajstić information content (AvgIpc) is 3.11. The molecule has 1 aromatic heterocycles. The smallest absolute Gasteiger partial charge is 0.314 e. The molecular formula is C16H19N3O4. The lowest BCUT2D eigenvalue weighted by Gasteiger charge is -2.09. The van der Waals surface area contributed by atoms with Gasteiger partial charge in [-0.25, -0.2) is 4.79 Å².